The lowest BCUT2D eigenvalue weighted by atomic mass is 9.73. The van der Waals surface area contributed by atoms with Gasteiger partial charge in [-0.2, -0.15) is 0 Å². The van der Waals surface area contributed by atoms with Crippen molar-refractivity contribution in [3.05, 3.63) is 70.9 Å². The fourth-order valence-corrected chi connectivity index (χ4v) is 5.21. The quantitative estimate of drug-likeness (QED) is 0.526. The number of aromatic amines is 1. The first-order valence-electron chi connectivity index (χ1n) is 9.86. The molecule has 4 rings (SSSR count). The van der Waals surface area contributed by atoms with Gasteiger partial charge in [0, 0.05) is 22.5 Å². The maximum Gasteiger partial charge on any atom is 0.0459 e. The van der Waals surface area contributed by atoms with E-state index in [1.54, 1.807) is 5.56 Å². The third-order valence-corrected chi connectivity index (χ3v) is 6.15. The molecular weight excluding hydrogens is 302 g/mol. The van der Waals surface area contributed by atoms with Crippen molar-refractivity contribution < 1.29 is 0 Å². The Balaban J connectivity index is 1.92. The molecule has 1 aliphatic rings. The Morgan fingerprint density at radius 2 is 1.64 bits per heavy atom. The molecule has 1 heteroatoms. The minimum absolute atomic E-state index is 0.327. The molecule has 0 saturated heterocycles. The summed E-state index contributed by atoms with van der Waals surface area (Å²) < 4.78 is 0. The van der Waals surface area contributed by atoms with Crippen LogP contribution in [0, 0.1) is 6.92 Å². The van der Waals surface area contributed by atoms with Crippen LogP contribution in [0.15, 0.2) is 48.5 Å². The molecule has 1 N–H and O–H groups in total. The fraction of sp³-hybridized carbons (Fsp3) is 0.417. The lowest BCUT2D eigenvalue weighted by molar-refractivity contribution is 0.347. The highest BCUT2D eigenvalue weighted by molar-refractivity contribution is 5.87. The molecule has 130 valence electrons. The van der Waals surface area contributed by atoms with Crippen molar-refractivity contribution >= 4 is 10.9 Å². The van der Waals surface area contributed by atoms with Crippen molar-refractivity contribution in [3.63, 3.8) is 0 Å². The monoisotopic (exact) mass is 331 g/mol. The van der Waals surface area contributed by atoms with Crippen LogP contribution in [0.1, 0.15) is 74.3 Å². The number of H-pyrrole nitrogens is 1. The highest BCUT2D eigenvalue weighted by Crippen LogP contribution is 2.55. The second kappa shape index (κ2) is 6.37. The molecule has 1 atom stereocenters. The van der Waals surface area contributed by atoms with Gasteiger partial charge >= 0.3 is 0 Å². The molecule has 2 aromatic carbocycles. The summed E-state index contributed by atoms with van der Waals surface area (Å²) in [4.78, 5) is 3.81. The number of nitrogens with one attached hydrogen (secondary N) is 1. The maximum atomic E-state index is 3.81. The lowest BCUT2D eigenvalue weighted by Gasteiger charge is -2.30. The van der Waals surface area contributed by atoms with E-state index in [1.165, 1.54) is 59.8 Å². The third kappa shape index (κ3) is 2.61. The van der Waals surface area contributed by atoms with Crippen molar-refractivity contribution in [2.75, 3.05) is 0 Å². The Bertz CT molecular complexity index is 863. The van der Waals surface area contributed by atoms with Crippen LogP contribution in [0.25, 0.3) is 10.9 Å². The highest BCUT2D eigenvalue weighted by atomic mass is 14.8. The smallest absolute Gasteiger partial charge is 0.0459 e. The molecule has 0 saturated carbocycles. The van der Waals surface area contributed by atoms with E-state index in [2.05, 4.69) is 74.3 Å². The van der Waals surface area contributed by atoms with Gasteiger partial charge in [0.2, 0.25) is 0 Å². The summed E-state index contributed by atoms with van der Waals surface area (Å²) in [6, 6.07) is 18.1. The van der Waals surface area contributed by atoms with Gasteiger partial charge in [0.25, 0.3) is 0 Å². The molecule has 1 nitrogen and oxygen atoms in total. The molecule has 0 fully saturated rings. The van der Waals surface area contributed by atoms with E-state index in [9.17, 15) is 0 Å². The van der Waals surface area contributed by atoms with Crippen molar-refractivity contribution in [2.24, 2.45) is 0 Å². The second-order valence-electron chi connectivity index (χ2n) is 7.91. The van der Waals surface area contributed by atoms with Gasteiger partial charge in [0.05, 0.1) is 0 Å². The number of aryl methyl sites for hydroxylation is 1. The minimum atomic E-state index is 0.327. The Kier molecular flexibility index (Phi) is 4.19. The Hall–Kier alpha value is -2.02. The predicted molar refractivity (Wildman–Crippen MR) is 107 cm³/mol. The zero-order chi connectivity index (χ0) is 17.4. The average Bonchev–Trinajstić information content (AvgIpc) is 3.13. The van der Waals surface area contributed by atoms with Gasteiger partial charge in [-0.15, -0.1) is 0 Å². The van der Waals surface area contributed by atoms with Gasteiger partial charge in [-0.3, -0.25) is 0 Å². The number of hydrogen-bond donors (Lipinski definition) is 1. The van der Waals surface area contributed by atoms with E-state index >= 15 is 0 Å². The van der Waals surface area contributed by atoms with Gasteiger partial charge in [-0.25, -0.2) is 0 Å². The molecule has 0 bridgehead atoms. The van der Waals surface area contributed by atoms with Gasteiger partial charge in [0.1, 0.15) is 0 Å². The van der Waals surface area contributed by atoms with Crippen molar-refractivity contribution in [3.8, 4) is 0 Å². The number of benzene rings is 2. The summed E-state index contributed by atoms with van der Waals surface area (Å²) in [7, 11) is 0. The number of para-hydroxylation sites is 1. The van der Waals surface area contributed by atoms with Crippen molar-refractivity contribution in [1.29, 1.82) is 0 Å². The first-order valence-corrected chi connectivity index (χ1v) is 9.86. The number of aromatic nitrogens is 1. The molecule has 0 spiro atoms. The molecule has 25 heavy (non-hydrogen) atoms. The Morgan fingerprint density at radius 1 is 0.960 bits per heavy atom. The fourth-order valence-electron chi connectivity index (χ4n) is 5.21. The van der Waals surface area contributed by atoms with Gasteiger partial charge in [-0.1, -0.05) is 74.7 Å². The van der Waals surface area contributed by atoms with E-state index < -0.39 is 0 Å². The maximum absolute atomic E-state index is 3.81. The molecule has 0 radical (unpaired) electrons. The molecular formula is C24H29N. The molecule has 1 aromatic heterocycles. The summed E-state index contributed by atoms with van der Waals surface area (Å²) >= 11 is 0. The van der Waals surface area contributed by atoms with Crippen LogP contribution in [0.4, 0.5) is 0 Å². The van der Waals surface area contributed by atoms with Gasteiger partial charge in [-0.05, 0) is 48.8 Å². The zero-order valence-electron chi connectivity index (χ0n) is 15.7. The summed E-state index contributed by atoms with van der Waals surface area (Å²) in [5.41, 5.74) is 7.54. The molecule has 1 heterocycles. The van der Waals surface area contributed by atoms with E-state index in [-0.39, 0.29) is 0 Å². The average molecular weight is 332 g/mol. The molecule has 1 aliphatic carbocycles. The van der Waals surface area contributed by atoms with Crippen LogP contribution in [-0.4, -0.2) is 4.98 Å². The first-order chi connectivity index (χ1) is 12.2. The number of rotatable bonds is 5. The van der Waals surface area contributed by atoms with Crippen LogP contribution in [0.3, 0.4) is 0 Å². The van der Waals surface area contributed by atoms with Gasteiger partial charge in [0.15, 0.2) is 0 Å². The van der Waals surface area contributed by atoms with Crippen LogP contribution in [0.2, 0.25) is 0 Å². The first kappa shape index (κ1) is 16.4. The van der Waals surface area contributed by atoms with E-state index in [4.69, 9.17) is 0 Å². The van der Waals surface area contributed by atoms with Crippen LogP contribution in [-0.2, 0) is 5.41 Å². The topological polar surface area (TPSA) is 15.8 Å². The molecule has 0 amide bonds. The standard InChI is InChI=1S/C24H29N/c1-4-14-24(15-5-2)16-20(18-12-10-17(3)11-13-18)23-22(24)19-8-6-7-9-21(19)25-23/h6-13,20,25H,4-5,14-16H2,1-3H3. The number of fused-ring (bicyclic) bond motifs is 3. The van der Waals surface area contributed by atoms with Crippen LogP contribution >= 0.6 is 0 Å². The van der Waals surface area contributed by atoms with Crippen LogP contribution < -0.4 is 0 Å². The normalized spacial score (nSPS) is 18.6. The van der Waals surface area contributed by atoms with Gasteiger partial charge < -0.3 is 4.98 Å². The summed E-state index contributed by atoms with van der Waals surface area (Å²) in [5.74, 6) is 0.501. The minimum Gasteiger partial charge on any atom is -0.358 e. The molecule has 3 aromatic rings. The molecule has 0 aliphatic heterocycles. The lowest BCUT2D eigenvalue weighted by Crippen LogP contribution is -2.23. The van der Waals surface area contributed by atoms with E-state index in [0.717, 1.165) is 0 Å². The van der Waals surface area contributed by atoms with E-state index in [0.29, 0.717) is 11.3 Å². The summed E-state index contributed by atoms with van der Waals surface area (Å²) in [6.45, 7) is 6.85. The highest BCUT2D eigenvalue weighted by Gasteiger charge is 2.45. The SMILES string of the molecule is CCCC1(CCC)CC(c2ccc(C)cc2)c2[nH]c3ccccc3c21. The second-order valence-corrected chi connectivity index (χ2v) is 7.91. The van der Waals surface area contributed by atoms with Crippen molar-refractivity contribution in [2.45, 2.75) is 64.2 Å². The Morgan fingerprint density at radius 3 is 2.32 bits per heavy atom. The summed E-state index contributed by atoms with van der Waals surface area (Å²) in [6.07, 6.45) is 6.33. The molecule has 1 unspecified atom stereocenters. The largest absolute Gasteiger partial charge is 0.358 e. The Labute approximate surface area is 151 Å². The van der Waals surface area contributed by atoms with E-state index in [1.807, 2.05) is 0 Å². The third-order valence-electron chi connectivity index (χ3n) is 6.15. The summed E-state index contributed by atoms with van der Waals surface area (Å²) in [5, 5.41) is 1.45. The van der Waals surface area contributed by atoms with Crippen LogP contribution in [0.5, 0.6) is 0 Å². The van der Waals surface area contributed by atoms with Crippen molar-refractivity contribution in [1.82, 2.24) is 4.98 Å². The predicted octanol–water partition coefficient (Wildman–Crippen LogP) is 6.85. The number of hydrogen-bond acceptors (Lipinski definition) is 0. The zero-order valence-corrected chi connectivity index (χ0v) is 15.7.